The van der Waals surface area contributed by atoms with E-state index in [9.17, 15) is 13.9 Å². The number of benzene rings is 1. The van der Waals surface area contributed by atoms with Crippen molar-refractivity contribution in [3.8, 4) is 5.75 Å². The van der Waals surface area contributed by atoms with Crippen molar-refractivity contribution in [1.29, 1.82) is 0 Å². The van der Waals surface area contributed by atoms with E-state index in [2.05, 4.69) is 4.74 Å². The molecule has 0 aromatic heterocycles. The Balaban J connectivity index is 2.71. The predicted octanol–water partition coefficient (Wildman–Crippen LogP) is 3.14. The Kier molecular flexibility index (Phi) is 6.48. The third kappa shape index (κ3) is 6.18. The number of alkyl halides is 2. The fraction of sp³-hybridized carbons (Fsp3) is 0.538. The van der Waals surface area contributed by atoms with Gasteiger partial charge in [-0.3, -0.25) is 0 Å². The SMILES string of the molecule is CC(O)CCN(C)Cc1cc(Cl)ccc1OC(F)F. The molecule has 0 heterocycles. The third-order valence-electron chi connectivity index (χ3n) is 2.61. The van der Waals surface area contributed by atoms with Gasteiger partial charge in [-0.1, -0.05) is 11.6 Å². The Morgan fingerprint density at radius 2 is 2.11 bits per heavy atom. The van der Waals surface area contributed by atoms with Crippen LogP contribution < -0.4 is 4.74 Å². The Bertz CT molecular complexity index is 402. The number of rotatable bonds is 7. The molecule has 0 radical (unpaired) electrons. The number of ether oxygens (including phenoxy) is 1. The molecule has 1 N–H and O–H groups in total. The Morgan fingerprint density at radius 1 is 1.42 bits per heavy atom. The molecule has 1 aromatic carbocycles. The highest BCUT2D eigenvalue weighted by atomic mass is 35.5. The number of hydrogen-bond donors (Lipinski definition) is 1. The molecule has 3 nitrogen and oxygen atoms in total. The van der Waals surface area contributed by atoms with Gasteiger partial charge < -0.3 is 14.7 Å². The van der Waals surface area contributed by atoms with Crippen molar-refractivity contribution in [2.75, 3.05) is 13.6 Å². The molecular weight excluding hydrogens is 276 g/mol. The molecular formula is C13H18ClF2NO2. The maximum atomic E-state index is 12.3. The predicted molar refractivity (Wildman–Crippen MR) is 70.7 cm³/mol. The van der Waals surface area contributed by atoms with Gasteiger partial charge in [-0.15, -0.1) is 0 Å². The third-order valence-corrected chi connectivity index (χ3v) is 2.84. The molecule has 0 spiro atoms. The smallest absolute Gasteiger partial charge is 0.387 e. The summed E-state index contributed by atoms with van der Waals surface area (Å²) in [6, 6.07) is 4.56. The molecule has 0 bridgehead atoms. The summed E-state index contributed by atoms with van der Waals surface area (Å²) in [4.78, 5) is 1.91. The Labute approximate surface area is 116 Å². The van der Waals surface area contributed by atoms with Crippen LogP contribution in [0.1, 0.15) is 18.9 Å². The van der Waals surface area contributed by atoms with E-state index >= 15 is 0 Å². The number of aliphatic hydroxyl groups is 1. The molecule has 1 aromatic rings. The van der Waals surface area contributed by atoms with Crippen molar-refractivity contribution in [2.45, 2.75) is 32.6 Å². The van der Waals surface area contributed by atoms with E-state index in [-0.39, 0.29) is 5.75 Å². The first-order valence-corrected chi connectivity index (χ1v) is 6.36. The van der Waals surface area contributed by atoms with E-state index < -0.39 is 12.7 Å². The van der Waals surface area contributed by atoms with E-state index in [0.29, 0.717) is 30.1 Å². The fourth-order valence-electron chi connectivity index (χ4n) is 1.66. The zero-order valence-electron chi connectivity index (χ0n) is 10.9. The monoisotopic (exact) mass is 293 g/mol. The quantitative estimate of drug-likeness (QED) is 0.838. The van der Waals surface area contributed by atoms with Crippen LogP contribution in [-0.2, 0) is 6.54 Å². The van der Waals surface area contributed by atoms with E-state index in [1.165, 1.54) is 12.1 Å². The van der Waals surface area contributed by atoms with Crippen molar-refractivity contribution in [3.63, 3.8) is 0 Å². The average Bonchev–Trinajstić information content (AvgIpc) is 2.29. The van der Waals surface area contributed by atoms with Crippen LogP contribution in [0, 0.1) is 0 Å². The minimum atomic E-state index is -2.86. The van der Waals surface area contributed by atoms with Crippen molar-refractivity contribution in [2.24, 2.45) is 0 Å². The zero-order valence-corrected chi connectivity index (χ0v) is 11.7. The van der Waals surface area contributed by atoms with Crippen molar-refractivity contribution < 1.29 is 18.6 Å². The minimum absolute atomic E-state index is 0.128. The van der Waals surface area contributed by atoms with E-state index in [4.69, 9.17) is 11.6 Å². The standard InChI is InChI=1S/C13H18ClF2NO2/c1-9(18)5-6-17(2)8-10-7-11(14)3-4-12(10)19-13(15)16/h3-4,7,9,13,18H,5-6,8H2,1-2H3. The van der Waals surface area contributed by atoms with E-state index in [1.807, 2.05) is 11.9 Å². The maximum Gasteiger partial charge on any atom is 0.387 e. The second-order valence-corrected chi connectivity index (χ2v) is 4.94. The second kappa shape index (κ2) is 7.62. The minimum Gasteiger partial charge on any atom is -0.434 e. The highest BCUT2D eigenvalue weighted by Gasteiger charge is 2.12. The molecule has 1 atom stereocenters. The topological polar surface area (TPSA) is 32.7 Å². The van der Waals surface area contributed by atoms with Gasteiger partial charge in [0.15, 0.2) is 0 Å². The summed E-state index contributed by atoms with van der Waals surface area (Å²) in [5.74, 6) is 0.128. The van der Waals surface area contributed by atoms with Gasteiger partial charge in [0.2, 0.25) is 0 Å². The van der Waals surface area contributed by atoms with Gasteiger partial charge >= 0.3 is 6.61 Å². The molecule has 0 saturated carbocycles. The first-order valence-electron chi connectivity index (χ1n) is 5.98. The van der Waals surface area contributed by atoms with Gasteiger partial charge in [0.1, 0.15) is 5.75 Å². The summed E-state index contributed by atoms with van der Waals surface area (Å²) in [6.45, 7) is -0.0747. The first-order chi connectivity index (χ1) is 8.88. The molecule has 1 unspecified atom stereocenters. The lowest BCUT2D eigenvalue weighted by atomic mass is 10.2. The van der Waals surface area contributed by atoms with Crippen LogP contribution in [0.4, 0.5) is 8.78 Å². The molecule has 0 saturated heterocycles. The Morgan fingerprint density at radius 3 is 2.68 bits per heavy atom. The molecule has 0 fully saturated rings. The van der Waals surface area contributed by atoms with Crippen LogP contribution in [0.2, 0.25) is 5.02 Å². The summed E-state index contributed by atoms with van der Waals surface area (Å²) < 4.78 is 29.0. The van der Waals surface area contributed by atoms with Crippen LogP contribution in [0.15, 0.2) is 18.2 Å². The highest BCUT2D eigenvalue weighted by molar-refractivity contribution is 6.30. The summed E-state index contributed by atoms with van der Waals surface area (Å²) in [6.07, 6.45) is 0.223. The molecule has 0 aliphatic rings. The average molecular weight is 294 g/mol. The molecule has 1 rings (SSSR count). The zero-order chi connectivity index (χ0) is 14.4. The lowest BCUT2D eigenvalue weighted by Gasteiger charge is -2.19. The van der Waals surface area contributed by atoms with Crippen molar-refractivity contribution in [3.05, 3.63) is 28.8 Å². The summed E-state index contributed by atoms with van der Waals surface area (Å²) in [5, 5.41) is 9.69. The number of hydrogen-bond acceptors (Lipinski definition) is 3. The molecule has 6 heteroatoms. The van der Waals surface area contributed by atoms with Gasteiger partial charge in [-0.2, -0.15) is 8.78 Å². The van der Waals surface area contributed by atoms with E-state index in [0.717, 1.165) is 0 Å². The highest BCUT2D eigenvalue weighted by Crippen LogP contribution is 2.25. The lowest BCUT2D eigenvalue weighted by molar-refractivity contribution is -0.0507. The largest absolute Gasteiger partial charge is 0.434 e. The normalized spacial score (nSPS) is 13.1. The van der Waals surface area contributed by atoms with Crippen LogP contribution in [0.5, 0.6) is 5.75 Å². The van der Waals surface area contributed by atoms with Gasteiger partial charge in [-0.05, 0) is 38.6 Å². The maximum absolute atomic E-state index is 12.3. The van der Waals surface area contributed by atoms with Crippen LogP contribution in [0.3, 0.4) is 0 Å². The fourth-order valence-corrected chi connectivity index (χ4v) is 1.85. The molecule has 0 amide bonds. The van der Waals surface area contributed by atoms with Gasteiger partial charge in [-0.25, -0.2) is 0 Å². The molecule has 108 valence electrons. The van der Waals surface area contributed by atoms with Crippen LogP contribution in [-0.4, -0.2) is 36.3 Å². The summed E-state index contributed by atoms with van der Waals surface area (Å²) in [5.41, 5.74) is 0.598. The number of aliphatic hydroxyl groups excluding tert-OH is 1. The van der Waals surface area contributed by atoms with Gasteiger partial charge in [0, 0.05) is 23.7 Å². The first kappa shape index (κ1) is 16.1. The Hall–Kier alpha value is -0.910. The van der Waals surface area contributed by atoms with Gasteiger partial charge in [0.05, 0.1) is 6.10 Å². The van der Waals surface area contributed by atoms with Crippen LogP contribution >= 0.6 is 11.6 Å². The van der Waals surface area contributed by atoms with Crippen molar-refractivity contribution in [1.82, 2.24) is 4.90 Å². The molecule has 0 aliphatic heterocycles. The van der Waals surface area contributed by atoms with Crippen molar-refractivity contribution >= 4 is 11.6 Å². The van der Waals surface area contributed by atoms with Crippen LogP contribution in [0.25, 0.3) is 0 Å². The molecule has 19 heavy (non-hydrogen) atoms. The number of nitrogens with zero attached hydrogens (tertiary/aromatic N) is 1. The van der Waals surface area contributed by atoms with E-state index in [1.54, 1.807) is 13.0 Å². The molecule has 0 aliphatic carbocycles. The summed E-state index contributed by atoms with van der Waals surface area (Å²) in [7, 11) is 1.84. The number of halogens is 3. The lowest BCUT2D eigenvalue weighted by Crippen LogP contribution is -2.22. The van der Waals surface area contributed by atoms with Gasteiger partial charge in [0.25, 0.3) is 0 Å². The summed E-state index contributed by atoms with van der Waals surface area (Å²) >= 11 is 5.86. The second-order valence-electron chi connectivity index (χ2n) is 4.51.